The molecule has 0 amide bonds. The molecule has 0 spiro atoms. The molecule has 0 aliphatic heterocycles. The van der Waals surface area contributed by atoms with Crippen molar-refractivity contribution >= 4 is 19.2 Å². The fourth-order valence-corrected chi connectivity index (χ4v) is 7.24. The van der Waals surface area contributed by atoms with E-state index >= 15 is 0 Å². The van der Waals surface area contributed by atoms with Gasteiger partial charge in [-0.05, 0) is 17.9 Å². The van der Waals surface area contributed by atoms with E-state index in [1.807, 2.05) is 0 Å². The van der Waals surface area contributed by atoms with Gasteiger partial charge in [-0.3, -0.25) is 0 Å². The van der Waals surface area contributed by atoms with Crippen molar-refractivity contribution in [1.29, 1.82) is 0 Å². The zero-order valence-corrected chi connectivity index (χ0v) is 12.1. The Labute approximate surface area is 111 Å². The largest absolute Gasteiger partial charge is 0.106 e. The van der Waals surface area contributed by atoms with Crippen molar-refractivity contribution in [3.63, 3.8) is 0 Å². The lowest BCUT2D eigenvalue weighted by molar-refractivity contribution is 0.796. The highest BCUT2D eigenvalue weighted by molar-refractivity contribution is 6.87. The van der Waals surface area contributed by atoms with Gasteiger partial charge in [0.25, 0.3) is 0 Å². The number of rotatable bonds is 4. The molecule has 1 fully saturated rings. The Kier molecular flexibility index (Phi) is 3.33. The normalized spacial score (nSPS) is 22.1. The summed E-state index contributed by atoms with van der Waals surface area (Å²) in [6.07, 6.45) is 2.81. The summed E-state index contributed by atoms with van der Waals surface area (Å²) < 4.78 is 0. The van der Waals surface area contributed by atoms with Crippen LogP contribution in [0.25, 0.3) is 0 Å². The fraction of sp³-hybridized carbons (Fsp3) is 0.294. The van der Waals surface area contributed by atoms with Crippen LogP contribution in [-0.2, 0) is 0 Å². The molecule has 2 aromatic rings. The van der Waals surface area contributed by atoms with Gasteiger partial charge in [-0.2, -0.15) is 0 Å². The van der Waals surface area contributed by atoms with Crippen LogP contribution in [0.1, 0.15) is 19.8 Å². The molecule has 1 aliphatic carbocycles. The first kappa shape index (κ1) is 11.7. The van der Waals surface area contributed by atoms with Crippen molar-refractivity contribution in [2.75, 3.05) is 0 Å². The predicted molar refractivity (Wildman–Crippen MR) is 81.4 cm³/mol. The minimum atomic E-state index is -0.988. The van der Waals surface area contributed by atoms with Crippen LogP contribution in [0.5, 0.6) is 0 Å². The average molecular weight is 252 g/mol. The van der Waals surface area contributed by atoms with Crippen molar-refractivity contribution in [2.45, 2.75) is 25.3 Å². The number of hydrogen-bond acceptors (Lipinski definition) is 0. The molecule has 0 N–H and O–H groups in total. The summed E-state index contributed by atoms with van der Waals surface area (Å²) in [4.78, 5) is 0. The third-order valence-electron chi connectivity index (χ3n) is 4.25. The van der Waals surface area contributed by atoms with Crippen LogP contribution in [0.3, 0.4) is 0 Å². The van der Waals surface area contributed by atoms with E-state index in [-0.39, 0.29) is 0 Å². The van der Waals surface area contributed by atoms with Crippen molar-refractivity contribution in [3.8, 4) is 0 Å². The molecule has 1 saturated carbocycles. The van der Waals surface area contributed by atoms with E-state index in [1.54, 1.807) is 10.4 Å². The van der Waals surface area contributed by atoms with E-state index in [0.29, 0.717) is 0 Å². The first-order valence-corrected chi connectivity index (χ1v) is 8.82. The third-order valence-corrected chi connectivity index (χ3v) is 8.13. The number of hydrogen-bond donors (Lipinski definition) is 0. The lowest BCUT2D eigenvalue weighted by Crippen LogP contribution is -2.42. The van der Waals surface area contributed by atoms with Crippen LogP contribution < -0.4 is 10.4 Å². The van der Waals surface area contributed by atoms with Gasteiger partial charge in [-0.1, -0.05) is 84.4 Å². The Morgan fingerprint density at radius 1 is 0.889 bits per heavy atom. The third kappa shape index (κ3) is 2.28. The Hall–Kier alpha value is -1.34. The Bertz CT molecular complexity index is 452. The van der Waals surface area contributed by atoms with Crippen LogP contribution in [0, 0.1) is 5.92 Å². The second-order valence-corrected chi connectivity index (χ2v) is 8.51. The topological polar surface area (TPSA) is 0 Å². The van der Waals surface area contributed by atoms with Crippen molar-refractivity contribution in [2.24, 2.45) is 5.92 Å². The molecule has 92 valence electrons. The monoisotopic (exact) mass is 252 g/mol. The minimum absolute atomic E-state index is 0.986. The fourth-order valence-electron chi connectivity index (χ4n) is 3.16. The van der Waals surface area contributed by atoms with Crippen LogP contribution in [-0.4, -0.2) is 8.80 Å². The predicted octanol–water partition coefficient (Wildman–Crippen LogP) is 2.83. The van der Waals surface area contributed by atoms with Gasteiger partial charge in [-0.15, -0.1) is 0 Å². The van der Waals surface area contributed by atoms with E-state index in [0.717, 1.165) is 11.5 Å². The summed E-state index contributed by atoms with van der Waals surface area (Å²) in [7, 11) is -0.988. The van der Waals surface area contributed by atoms with E-state index < -0.39 is 8.80 Å². The molecule has 0 heterocycles. The lowest BCUT2D eigenvalue weighted by Gasteiger charge is -2.16. The summed E-state index contributed by atoms with van der Waals surface area (Å²) in [5.41, 5.74) is 0.986. The number of benzene rings is 2. The van der Waals surface area contributed by atoms with Gasteiger partial charge in [0, 0.05) is 0 Å². The molecular weight excluding hydrogens is 232 g/mol. The van der Waals surface area contributed by atoms with Gasteiger partial charge in [-0.25, -0.2) is 0 Å². The van der Waals surface area contributed by atoms with Crippen LogP contribution in [0.15, 0.2) is 60.7 Å². The van der Waals surface area contributed by atoms with Gasteiger partial charge in [0.15, 0.2) is 0 Å². The van der Waals surface area contributed by atoms with E-state index in [4.69, 9.17) is 0 Å². The van der Waals surface area contributed by atoms with Gasteiger partial charge in [0.1, 0.15) is 8.80 Å². The maximum Gasteiger partial charge on any atom is 0.106 e. The van der Waals surface area contributed by atoms with Crippen LogP contribution in [0.4, 0.5) is 0 Å². The summed E-state index contributed by atoms with van der Waals surface area (Å²) in [6.45, 7) is 2.34. The van der Waals surface area contributed by atoms with Crippen LogP contribution in [0.2, 0.25) is 5.54 Å². The smallest absolute Gasteiger partial charge is 0.0651 e. The highest BCUT2D eigenvalue weighted by Gasteiger charge is 2.43. The maximum atomic E-state index is 2.34. The minimum Gasteiger partial charge on any atom is -0.0651 e. The lowest BCUT2D eigenvalue weighted by atomic mass is 10.3. The van der Waals surface area contributed by atoms with Crippen LogP contribution >= 0.6 is 0 Å². The standard InChI is InChI=1S/C17H20Si/c1-2-14-13-17(14)18(15-9-5-3-6-10-15)16-11-7-4-8-12-16/h3-12,14,17-18H,2,13H2,1H3. The molecule has 0 nitrogen and oxygen atoms in total. The Morgan fingerprint density at radius 2 is 1.39 bits per heavy atom. The van der Waals surface area contributed by atoms with Gasteiger partial charge < -0.3 is 0 Å². The molecule has 1 heteroatoms. The van der Waals surface area contributed by atoms with Gasteiger partial charge >= 0.3 is 0 Å². The molecule has 0 bridgehead atoms. The van der Waals surface area contributed by atoms with Gasteiger partial charge in [0.2, 0.25) is 0 Å². The molecule has 2 unspecified atom stereocenters. The molecular formula is C17H20Si. The van der Waals surface area contributed by atoms with Crippen molar-refractivity contribution < 1.29 is 0 Å². The summed E-state index contributed by atoms with van der Waals surface area (Å²) in [6, 6.07) is 22.4. The highest BCUT2D eigenvalue weighted by atomic mass is 28.3. The maximum absolute atomic E-state index is 2.34. The molecule has 1 aliphatic rings. The van der Waals surface area contributed by atoms with Gasteiger partial charge in [0.05, 0.1) is 0 Å². The summed E-state index contributed by atoms with van der Waals surface area (Å²) >= 11 is 0. The molecule has 0 saturated heterocycles. The zero-order chi connectivity index (χ0) is 12.4. The van der Waals surface area contributed by atoms with E-state index in [2.05, 4.69) is 67.6 Å². The molecule has 2 atom stereocenters. The quantitative estimate of drug-likeness (QED) is 0.734. The molecule has 2 aromatic carbocycles. The zero-order valence-electron chi connectivity index (χ0n) is 10.9. The molecule has 0 aromatic heterocycles. The molecule has 3 rings (SSSR count). The summed E-state index contributed by atoms with van der Waals surface area (Å²) in [5, 5.41) is 3.23. The first-order chi connectivity index (χ1) is 8.90. The van der Waals surface area contributed by atoms with E-state index in [9.17, 15) is 0 Å². The average Bonchev–Trinajstić information content (AvgIpc) is 3.21. The SMILES string of the molecule is CCC1CC1[SiH](c1ccccc1)c1ccccc1. The van der Waals surface area contributed by atoms with Crippen molar-refractivity contribution in [3.05, 3.63) is 60.7 Å². The Morgan fingerprint density at radius 3 is 1.78 bits per heavy atom. The van der Waals surface area contributed by atoms with Crippen molar-refractivity contribution in [1.82, 2.24) is 0 Å². The van der Waals surface area contributed by atoms with E-state index in [1.165, 1.54) is 12.8 Å². The highest BCUT2D eigenvalue weighted by Crippen LogP contribution is 2.48. The second kappa shape index (κ2) is 5.11. The Balaban J connectivity index is 1.95. The molecule has 18 heavy (non-hydrogen) atoms. The second-order valence-electron chi connectivity index (χ2n) is 5.37. The first-order valence-electron chi connectivity index (χ1n) is 7.00. The molecule has 0 radical (unpaired) electrons. The summed E-state index contributed by atoms with van der Waals surface area (Å²) in [5.74, 6) is 0.988.